The maximum Gasteiger partial charge on any atom is 0.270 e. The van der Waals surface area contributed by atoms with E-state index in [1.165, 1.54) is 30.3 Å². The highest BCUT2D eigenvalue weighted by Gasteiger charge is 2.34. The van der Waals surface area contributed by atoms with Crippen molar-refractivity contribution in [1.82, 2.24) is 5.32 Å². The summed E-state index contributed by atoms with van der Waals surface area (Å²) in [5.74, 6) is -0.936. The summed E-state index contributed by atoms with van der Waals surface area (Å²) < 4.78 is 24.9. The molecule has 1 heterocycles. The molecule has 0 radical (unpaired) electrons. The van der Waals surface area contributed by atoms with Gasteiger partial charge in [-0.3, -0.25) is 19.8 Å². The Hall–Kier alpha value is -2.97. The average Bonchev–Trinajstić information content (AvgIpc) is 2.74. The highest BCUT2D eigenvalue weighted by Crippen LogP contribution is 2.38. The van der Waals surface area contributed by atoms with Gasteiger partial charge in [-0.05, 0) is 80.5 Å². The van der Waals surface area contributed by atoms with Crippen molar-refractivity contribution in [2.45, 2.75) is 33.3 Å². The minimum atomic E-state index is -0.646. The molecule has 2 amide bonds. The van der Waals surface area contributed by atoms with E-state index in [9.17, 15) is 14.0 Å². The number of carbonyl (C=O) groups is 2. The highest BCUT2D eigenvalue weighted by molar-refractivity contribution is 7.80. The van der Waals surface area contributed by atoms with E-state index in [1.807, 2.05) is 20.8 Å². The molecule has 1 aliphatic rings. The largest absolute Gasteiger partial charge is 0.490 e. The molecule has 0 bridgehead atoms. The van der Waals surface area contributed by atoms with Crippen molar-refractivity contribution in [3.05, 3.63) is 58.4 Å². The van der Waals surface area contributed by atoms with E-state index in [1.54, 1.807) is 12.1 Å². The number of benzene rings is 2. The van der Waals surface area contributed by atoms with Crippen molar-refractivity contribution < 1.29 is 23.5 Å². The van der Waals surface area contributed by atoms with E-state index in [4.69, 9.17) is 33.3 Å². The Bertz CT molecular complexity index is 1090. The van der Waals surface area contributed by atoms with Crippen molar-refractivity contribution in [1.29, 1.82) is 0 Å². The maximum absolute atomic E-state index is 13.3. The van der Waals surface area contributed by atoms with Gasteiger partial charge < -0.3 is 9.47 Å². The van der Waals surface area contributed by atoms with Gasteiger partial charge in [0.25, 0.3) is 11.8 Å². The van der Waals surface area contributed by atoms with E-state index in [2.05, 4.69) is 5.32 Å². The molecule has 0 unspecified atom stereocenters. The Kier molecular flexibility index (Phi) is 7.48. The third-order valence-corrected chi connectivity index (χ3v) is 5.29. The fourth-order valence-electron chi connectivity index (χ4n) is 2.98. The van der Waals surface area contributed by atoms with Gasteiger partial charge >= 0.3 is 0 Å². The van der Waals surface area contributed by atoms with E-state index in [0.717, 1.165) is 11.3 Å². The van der Waals surface area contributed by atoms with Crippen LogP contribution in [-0.2, 0) is 9.59 Å². The first-order valence-electron chi connectivity index (χ1n) is 10.0. The van der Waals surface area contributed by atoms with E-state index in [0.29, 0.717) is 29.4 Å². The molecule has 2 aromatic rings. The van der Waals surface area contributed by atoms with Crippen LogP contribution in [0.3, 0.4) is 0 Å². The molecule has 1 aliphatic heterocycles. The van der Waals surface area contributed by atoms with Crippen LogP contribution in [0, 0.1) is 5.82 Å². The fourth-order valence-corrected chi connectivity index (χ4v) is 3.53. The second-order valence-electron chi connectivity index (χ2n) is 7.03. The molecule has 0 spiro atoms. The quantitative estimate of drug-likeness (QED) is 0.350. The first kappa shape index (κ1) is 23.7. The Morgan fingerprint density at radius 1 is 1.22 bits per heavy atom. The lowest BCUT2D eigenvalue weighted by atomic mass is 10.1. The fraction of sp³-hybridized carbons (Fsp3) is 0.261. The molecular formula is C23H22ClFN2O4S. The number of rotatable bonds is 7. The minimum Gasteiger partial charge on any atom is -0.490 e. The van der Waals surface area contributed by atoms with E-state index in [-0.39, 0.29) is 21.8 Å². The Morgan fingerprint density at radius 3 is 2.53 bits per heavy atom. The molecule has 32 heavy (non-hydrogen) atoms. The summed E-state index contributed by atoms with van der Waals surface area (Å²) in [6.45, 7) is 6.10. The van der Waals surface area contributed by atoms with Crippen molar-refractivity contribution in [3.63, 3.8) is 0 Å². The summed E-state index contributed by atoms with van der Waals surface area (Å²) in [4.78, 5) is 26.8. The lowest BCUT2D eigenvalue weighted by Crippen LogP contribution is -2.54. The van der Waals surface area contributed by atoms with Crippen molar-refractivity contribution >= 4 is 52.5 Å². The number of hydrogen-bond donors (Lipinski definition) is 1. The lowest BCUT2D eigenvalue weighted by Gasteiger charge is -2.29. The number of nitrogens with one attached hydrogen (secondary N) is 1. The molecule has 3 rings (SSSR count). The average molecular weight is 477 g/mol. The monoisotopic (exact) mass is 476 g/mol. The van der Waals surface area contributed by atoms with Gasteiger partial charge in [-0.1, -0.05) is 18.5 Å². The van der Waals surface area contributed by atoms with Crippen LogP contribution < -0.4 is 19.7 Å². The number of ether oxygens (including phenoxy) is 2. The Morgan fingerprint density at radius 2 is 1.91 bits per heavy atom. The van der Waals surface area contributed by atoms with Gasteiger partial charge in [0.2, 0.25) is 0 Å². The summed E-state index contributed by atoms with van der Waals surface area (Å²) in [5, 5.41) is 2.69. The van der Waals surface area contributed by atoms with Gasteiger partial charge in [-0.25, -0.2) is 4.39 Å². The topological polar surface area (TPSA) is 67.9 Å². The van der Waals surface area contributed by atoms with E-state index >= 15 is 0 Å². The van der Waals surface area contributed by atoms with Crippen LogP contribution in [0.5, 0.6) is 11.5 Å². The molecule has 9 heteroatoms. The first-order chi connectivity index (χ1) is 15.2. The predicted molar refractivity (Wildman–Crippen MR) is 126 cm³/mol. The zero-order valence-corrected chi connectivity index (χ0v) is 19.3. The molecular weight excluding hydrogens is 455 g/mol. The minimum absolute atomic E-state index is 0.0770. The zero-order chi connectivity index (χ0) is 23.4. The number of anilines is 1. The molecule has 1 N–H and O–H groups in total. The highest BCUT2D eigenvalue weighted by atomic mass is 35.5. The molecule has 6 nitrogen and oxygen atoms in total. The molecule has 1 atom stereocenters. The van der Waals surface area contributed by atoms with Crippen molar-refractivity contribution in [3.8, 4) is 11.5 Å². The number of nitrogens with zero attached hydrogens (tertiary/aromatic N) is 1. The number of carbonyl (C=O) groups excluding carboxylic acids is 2. The van der Waals surface area contributed by atoms with Gasteiger partial charge in [0.05, 0.1) is 23.4 Å². The summed E-state index contributed by atoms with van der Waals surface area (Å²) in [6.07, 6.45) is 2.10. The Balaban J connectivity index is 2.01. The second kappa shape index (κ2) is 10.1. The van der Waals surface area contributed by atoms with Gasteiger partial charge in [-0.15, -0.1) is 0 Å². The van der Waals surface area contributed by atoms with Gasteiger partial charge in [0, 0.05) is 0 Å². The van der Waals surface area contributed by atoms with Gasteiger partial charge in [0.15, 0.2) is 16.6 Å². The standard InChI is InChI=1S/C23H22ClFN2O4S/c1-4-13(3)31-20-18(24)11-14(12-19(20)30-5-2)10-17-21(28)26-23(32)27(22(17)29)16-8-6-15(25)7-9-16/h6-13H,4-5H2,1-3H3,(H,26,28,32)/b17-10-/t13-/m0/s1. The molecule has 0 aliphatic carbocycles. The van der Waals surface area contributed by atoms with Crippen molar-refractivity contribution in [2.24, 2.45) is 0 Å². The molecule has 0 aromatic heterocycles. The van der Waals surface area contributed by atoms with Crippen LogP contribution in [0.4, 0.5) is 10.1 Å². The number of halogens is 2. The number of hydrogen-bond acceptors (Lipinski definition) is 5. The lowest BCUT2D eigenvalue weighted by molar-refractivity contribution is -0.122. The maximum atomic E-state index is 13.3. The second-order valence-corrected chi connectivity index (χ2v) is 7.83. The normalized spacial score (nSPS) is 16.2. The Labute approximate surface area is 195 Å². The van der Waals surface area contributed by atoms with Crippen LogP contribution in [-0.4, -0.2) is 29.6 Å². The molecule has 1 saturated heterocycles. The van der Waals surface area contributed by atoms with Crippen LogP contribution >= 0.6 is 23.8 Å². The number of thiocarbonyl (C=S) groups is 1. The molecule has 2 aromatic carbocycles. The zero-order valence-electron chi connectivity index (χ0n) is 17.8. The summed E-state index contributed by atoms with van der Waals surface area (Å²) >= 11 is 11.6. The number of amides is 2. The smallest absolute Gasteiger partial charge is 0.270 e. The third-order valence-electron chi connectivity index (χ3n) is 4.72. The van der Waals surface area contributed by atoms with Crippen LogP contribution in [0.2, 0.25) is 5.02 Å². The third kappa shape index (κ3) is 5.08. The molecule has 1 fully saturated rings. The molecule has 168 valence electrons. The van der Waals surface area contributed by atoms with Crippen LogP contribution in [0.1, 0.15) is 32.8 Å². The summed E-state index contributed by atoms with van der Waals surface area (Å²) in [7, 11) is 0. The first-order valence-corrected chi connectivity index (χ1v) is 10.8. The van der Waals surface area contributed by atoms with Crippen LogP contribution in [0.25, 0.3) is 6.08 Å². The SMILES string of the molecule is CCOc1cc(/C=C2/C(=O)NC(=S)N(c3ccc(F)cc3)C2=O)cc(Cl)c1O[C@@H](C)CC. The van der Waals surface area contributed by atoms with Gasteiger partial charge in [0.1, 0.15) is 11.4 Å². The van der Waals surface area contributed by atoms with E-state index < -0.39 is 17.6 Å². The van der Waals surface area contributed by atoms with Gasteiger partial charge in [-0.2, -0.15) is 0 Å². The summed E-state index contributed by atoms with van der Waals surface area (Å²) in [6, 6.07) is 8.45. The molecule has 0 saturated carbocycles. The summed E-state index contributed by atoms with van der Waals surface area (Å²) in [5.41, 5.74) is 0.648. The van der Waals surface area contributed by atoms with Crippen molar-refractivity contribution in [2.75, 3.05) is 11.5 Å². The van der Waals surface area contributed by atoms with Crippen LogP contribution in [0.15, 0.2) is 42.0 Å². The predicted octanol–water partition coefficient (Wildman–Crippen LogP) is 4.89.